The van der Waals surface area contributed by atoms with Crippen LogP contribution in [0.5, 0.6) is 0 Å². The summed E-state index contributed by atoms with van der Waals surface area (Å²) in [5.41, 5.74) is 3.12. The van der Waals surface area contributed by atoms with Gasteiger partial charge in [-0.1, -0.05) is 54.6 Å². The average molecular weight is 383 g/mol. The highest BCUT2D eigenvalue weighted by molar-refractivity contribution is 6.36. The molecule has 0 N–H and O–H groups in total. The predicted octanol–water partition coefficient (Wildman–Crippen LogP) is 3.89. The number of benzene rings is 2. The van der Waals surface area contributed by atoms with Crippen LogP contribution in [0, 0.1) is 0 Å². The zero-order chi connectivity index (χ0) is 20.2. The number of carbonyl (C=O) groups excluding carboxylic acids is 2. The van der Waals surface area contributed by atoms with E-state index in [0.29, 0.717) is 23.5 Å². The van der Waals surface area contributed by atoms with E-state index in [-0.39, 0.29) is 18.4 Å². The monoisotopic (exact) mass is 383 g/mol. The number of nitrogens with zero attached hydrogens (tertiary/aromatic N) is 3. The Morgan fingerprint density at radius 2 is 1.48 bits per heavy atom. The number of amides is 2. The molecule has 2 heterocycles. The van der Waals surface area contributed by atoms with Crippen LogP contribution in [-0.4, -0.2) is 28.2 Å². The SMILES string of the molecule is CCN(C1=C(c2ccccc2)C(=O)N(Cc2ccccn2)C1=O)c1ccccc1. The highest BCUT2D eigenvalue weighted by atomic mass is 16.2. The number of carbonyl (C=O) groups is 2. The van der Waals surface area contributed by atoms with Gasteiger partial charge in [0.15, 0.2) is 0 Å². The van der Waals surface area contributed by atoms with Gasteiger partial charge in [-0.2, -0.15) is 0 Å². The molecule has 1 aliphatic rings. The largest absolute Gasteiger partial charge is 0.337 e. The molecule has 0 bridgehead atoms. The summed E-state index contributed by atoms with van der Waals surface area (Å²) in [5.74, 6) is -0.596. The number of hydrogen-bond acceptors (Lipinski definition) is 4. The molecule has 0 fully saturated rings. The maximum atomic E-state index is 13.5. The van der Waals surface area contributed by atoms with Crippen molar-refractivity contribution in [2.75, 3.05) is 11.4 Å². The minimum absolute atomic E-state index is 0.144. The number of para-hydroxylation sites is 1. The summed E-state index contributed by atoms with van der Waals surface area (Å²) in [7, 11) is 0. The number of aromatic nitrogens is 1. The third-order valence-corrected chi connectivity index (χ3v) is 4.91. The summed E-state index contributed by atoms with van der Waals surface area (Å²) in [6, 6.07) is 24.5. The van der Waals surface area contributed by atoms with E-state index in [4.69, 9.17) is 0 Å². The van der Waals surface area contributed by atoms with E-state index in [9.17, 15) is 9.59 Å². The van der Waals surface area contributed by atoms with Gasteiger partial charge in [-0.25, -0.2) is 0 Å². The zero-order valence-corrected chi connectivity index (χ0v) is 16.2. The molecule has 2 aromatic carbocycles. The fourth-order valence-corrected chi connectivity index (χ4v) is 3.55. The third kappa shape index (κ3) is 3.55. The van der Waals surface area contributed by atoms with Crippen LogP contribution >= 0.6 is 0 Å². The number of imide groups is 1. The van der Waals surface area contributed by atoms with Crippen LogP contribution in [0.3, 0.4) is 0 Å². The van der Waals surface area contributed by atoms with Gasteiger partial charge in [0.2, 0.25) is 0 Å². The fraction of sp³-hybridized carbons (Fsp3) is 0.125. The molecule has 0 spiro atoms. The molecule has 0 saturated heterocycles. The topological polar surface area (TPSA) is 53.5 Å². The maximum Gasteiger partial charge on any atom is 0.278 e. The second-order valence-corrected chi connectivity index (χ2v) is 6.69. The highest BCUT2D eigenvalue weighted by Crippen LogP contribution is 2.34. The van der Waals surface area contributed by atoms with Gasteiger partial charge in [0.05, 0.1) is 17.8 Å². The Morgan fingerprint density at radius 3 is 2.10 bits per heavy atom. The van der Waals surface area contributed by atoms with Crippen LogP contribution < -0.4 is 4.90 Å². The summed E-state index contributed by atoms with van der Waals surface area (Å²) in [6.07, 6.45) is 1.66. The van der Waals surface area contributed by atoms with Crippen molar-refractivity contribution in [2.24, 2.45) is 0 Å². The lowest BCUT2D eigenvalue weighted by atomic mass is 10.0. The normalized spacial score (nSPS) is 13.9. The molecule has 0 radical (unpaired) electrons. The van der Waals surface area contributed by atoms with Crippen molar-refractivity contribution in [2.45, 2.75) is 13.5 Å². The standard InChI is InChI=1S/C24H21N3O2/c1-2-26(20-14-7-4-8-15-20)22-21(18-11-5-3-6-12-18)23(28)27(24(22)29)17-19-13-9-10-16-25-19/h3-16H,2,17H2,1H3. The molecule has 1 aromatic heterocycles. The lowest BCUT2D eigenvalue weighted by Gasteiger charge is -2.24. The Morgan fingerprint density at radius 1 is 0.828 bits per heavy atom. The van der Waals surface area contributed by atoms with Crippen LogP contribution in [0.15, 0.2) is 90.8 Å². The van der Waals surface area contributed by atoms with Gasteiger partial charge in [0.25, 0.3) is 11.8 Å². The van der Waals surface area contributed by atoms with Crippen molar-refractivity contribution in [3.63, 3.8) is 0 Å². The minimum atomic E-state index is -0.301. The molecule has 0 aliphatic carbocycles. The van der Waals surface area contributed by atoms with Crippen molar-refractivity contribution in [1.82, 2.24) is 9.88 Å². The van der Waals surface area contributed by atoms with Gasteiger partial charge in [0.1, 0.15) is 5.70 Å². The van der Waals surface area contributed by atoms with Crippen LogP contribution in [0.2, 0.25) is 0 Å². The number of anilines is 1. The van der Waals surface area contributed by atoms with E-state index < -0.39 is 0 Å². The molecule has 3 aromatic rings. The Bertz CT molecular complexity index is 1050. The Hall–Kier alpha value is -3.73. The maximum absolute atomic E-state index is 13.5. The van der Waals surface area contributed by atoms with Gasteiger partial charge >= 0.3 is 0 Å². The Kier molecular flexibility index (Phi) is 5.20. The first-order valence-electron chi connectivity index (χ1n) is 9.59. The van der Waals surface area contributed by atoms with Crippen LogP contribution in [0.4, 0.5) is 5.69 Å². The zero-order valence-electron chi connectivity index (χ0n) is 16.2. The minimum Gasteiger partial charge on any atom is -0.337 e. The second kappa shape index (κ2) is 8.10. The summed E-state index contributed by atoms with van der Waals surface area (Å²) >= 11 is 0. The molecular weight excluding hydrogens is 362 g/mol. The van der Waals surface area contributed by atoms with Crippen LogP contribution in [0.1, 0.15) is 18.2 Å². The smallest absolute Gasteiger partial charge is 0.278 e. The number of hydrogen-bond donors (Lipinski definition) is 0. The average Bonchev–Trinajstić information content (AvgIpc) is 3.01. The van der Waals surface area contributed by atoms with Crippen molar-refractivity contribution in [1.29, 1.82) is 0 Å². The molecule has 1 aliphatic heterocycles. The van der Waals surface area contributed by atoms with Gasteiger partial charge in [0, 0.05) is 18.4 Å². The van der Waals surface area contributed by atoms with Gasteiger partial charge < -0.3 is 4.90 Å². The Balaban J connectivity index is 1.82. The van der Waals surface area contributed by atoms with E-state index >= 15 is 0 Å². The summed E-state index contributed by atoms with van der Waals surface area (Å²) in [5, 5.41) is 0. The highest BCUT2D eigenvalue weighted by Gasteiger charge is 2.41. The second-order valence-electron chi connectivity index (χ2n) is 6.69. The molecule has 0 atom stereocenters. The third-order valence-electron chi connectivity index (χ3n) is 4.91. The summed E-state index contributed by atoms with van der Waals surface area (Å²) in [4.78, 5) is 34.3. The molecular formula is C24H21N3O2. The van der Waals surface area contributed by atoms with Gasteiger partial charge in [-0.15, -0.1) is 0 Å². The molecule has 5 heteroatoms. The first-order valence-corrected chi connectivity index (χ1v) is 9.59. The van der Waals surface area contributed by atoms with E-state index in [1.54, 1.807) is 6.20 Å². The molecule has 5 nitrogen and oxygen atoms in total. The van der Waals surface area contributed by atoms with E-state index in [1.807, 2.05) is 90.7 Å². The van der Waals surface area contributed by atoms with Crippen LogP contribution in [0.25, 0.3) is 5.57 Å². The van der Waals surface area contributed by atoms with Crippen molar-refractivity contribution >= 4 is 23.1 Å². The van der Waals surface area contributed by atoms with E-state index in [0.717, 1.165) is 11.3 Å². The van der Waals surface area contributed by atoms with Crippen molar-refractivity contribution in [3.05, 3.63) is 102 Å². The number of rotatable bonds is 6. The lowest BCUT2D eigenvalue weighted by molar-refractivity contribution is -0.137. The first-order chi connectivity index (χ1) is 14.2. The summed E-state index contributed by atoms with van der Waals surface area (Å²) in [6.45, 7) is 2.68. The molecule has 0 unspecified atom stereocenters. The summed E-state index contributed by atoms with van der Waals surface area (Å²) < 4.78 is 0. The number of pyridine rings is 1. The van der Waals surface area contributed by atoms with Gasteiger partial charge in [-0.05, 0) is 36.8 Å². The molecule has 2 amide bonds. The fourth-order valence-electron chi connectivity index (χ4n) is 3.55. The molecule has 144 valence electrons. The molecule has 4 rings (SSSR count). The Labute approximate surface area is 169 Å². The van der Waals surface area contributed by atoms with Crippen molar-refractivity contribution in [3.8, 4) is 0 Å². The van der Waals surface area contributed by atoms with E-state index in [2.05, 4.69) is 4.98 Å². The lowest BCUT2D eigenvalue weighted by Crippen LogP contribution is -2.35. The van der Waals surface area contributed by atoms with Gasteiger partial charge in [-0.3, -0.25) is 19.5 Å². The van der Waals surface area contributed by atoms with Crippen molar-refractivity contribution < 1.29 is 9.59 Å². The quantitative estimate of drug-likeness (QED) is 0.606. The predicted molar refractivity (Wildman–Crippen MR) is 113 cm³/mol. The molecule has 29 heavy (non-hydrogen) atoms. The van der Waals surface area contributed by atoms with E-state index in [1.165, 1.54) is 4.90 Å². The number of likely N-dealkylation sites (N-methyl/N-ethyl adjacent to an activating group) is 1. The molecule has 0 saturated carbocycles. The van der Waals surface area contributed by atoms with Crippen LogP contribution in [-0.2, 0) is 16.1 Å². The first kappa shape index (κ1) is 18.6.